The van der Waals surface area contributed by atoms with Crippen molar-refractivity contribution in [1.29, 1.82) is 0 Å². The van der Waals surface area contributed by atoms with Gasteiger partial charge in [-0.15, -0.1) is 0 Å². The lowest BCUT2D eigenvalue weighted by Gasteiger charge is -2.25. The maximum absolute atomic E-state index is 12.2. The summed E-state index contributed by atoms with van der Waals surface area (Å²) in [6, 6.07) is 10.0. The Morgan fingerprint density at radius 3 is 2.61 bits per heavy atom. The van der Waals surface area contributed by atoms with Crippen LogP contribution in [0.4, 0.5) is 0 Å². The number of aryl methyl sites for hydroxylation is 1. The van der Waals surface area contributed by atoms with Crippen LogP contribution >= 0.6 is 0 Å². The highest BCUT2D eigenvalue weighted by molar-refractivity contribution is 5.84. The Balaban J connectivity index is 1.89. The van der Waals surface area contributed by atoms with E-state index in [1.807, 2.05) is 30.3 Å². The smallest absolute Gasteiger partial charge is 0.202 e. The molecular weight excluding hydrogens is 224 g/mol. The van der Waals surface area contributed by atoms with Crippen LogP contribution in [0.2, 0.25) is 0 Å². The van der Waals surface area contributed by atoms with E-state index < -0.39 is 0 Å². The first-order valence-electron chi connectivity index (χ1n) is 6.75. The van der Waals surface area contributed by atoms with Crippen LogP contribution in [0.1, 0.15) is 37.7 Å². The van der Waals surface area contributed by atoms with E-state index in [9.17, 15) is 9.59 Å². The molecule has 2 unspecified atom stereocenters. The van der Waals surface area contributed by atoms with Gasteiger partial charge in [0.1, 0.15) is 5.78 Å². The minimum absolute atomic E-state index is 0.0695. The molecule has 95 valence electrons. The highest BCUT2D eigenvalue weighted by Crippen LogP contribution is 2.30. The average molecular weight is 243 g/mol. The van der Waals surface area contributed by atoms with Crippen molar-refractivity contribution in [2.24, 2.45) is 11.8 Å². The molecule has 0 heterocycles. The van der Waals surface area contributed by atoms with Crippen molar-refractivity contribution in [2.45, 2.75) is 38.5 Å². The number of carbonyl (C=O) groups excluding carboxylic acids is 2. The van der Waals surface area contributed by atoms with Gasteiger partial charge in [0, 0.05) is 18.3 Å². The molecule has 1 aliphatic carbocycles. The summed E-state index contributed by atoms with van der Waals surface area (Å²) in [5.74, 6) is 0.0221. The van der Waals surface area contributed by atoms with Crippen LogP contribution < -0.4 is 0 Å². The van der Waals surface area contributed by atoms with Crippen LogP contribution in [0.5, 0.6) is 0 Å². The summed E-state index contributed by atoms with van der Waals surface area (Å²) in [5.41, 5.74) is 1.19. The summed E-state index contributed by atoms with van der Waals surface area (Å²) in [7, 11) is 0. The van der Waals surface area contributed by atoms with E-state index in [2.05, 4.69) is 6.29 Å². The topological polar surface area (TPSA) is 34.1 Å². The molecule has 2 nitrogen and oxygen atoms in total. The SMILES string of the molecule is O=[C]C1CCCCC1C(=O)CCc1ccccc1. The summed E-state index contributed by atoms with van der Waals surface area (Å²) >= 11 is 0. The Morgan fingerprint density at radius 2 is 1.89 bits per heavy atom. The van der Waals surface area contributed by atoms with Crippen molar-refractivity contribution in [3.05, 3.63) is 35.9 Å². The van der Waals surface area contributed by atoms with E-state index in [-0.39, 0.29) is 17.6 Å². The fourth-order valence-electron chi connectivity index (χ4n) is 2.75. The van der Waals surface area contributed by atoms with Crippen molar-refractivity contribution >= 4 is 12.1 Å². The monoisotopic (exact) mass is 243 g/mol. The van der Waals surface area contributed by atoms with Gasteiger partial charge in [0.25, 0.3) is 0 Å². The number of ketones is 1. The molecule has 2 rings (SSSR count). The van der Waals surface area contributed by atoms with Gasteiger partial charge in [-0.3, -0.25) is 9.59 Å². The molecule has 0 bridgehead atoms. The van der Waals surface area contributed by atoms with Crippen LogP contribution in [0, 0.1) is 11.8 Å². The Morgan fingerprint density at radius 1 is 1.17 bits per heavy atom. The molecular formula is C16H19O2. The summed E-state index contributed by atoms with van der Waals surface area (Å²) in [6.07, 6.45) is 7.22. The van der Waals surface area contributed by atoms with E-state index in [1.54, 1.807) is 0 Å². The lowest BCUT2D eigenvalue weighted by atomic mass is 9.76. The van der Waals surface area contributed by atoms with Crippen molar-refractivity contribution in [3.63, 3.8) is 0 Å². The van der Waals surface area contributed by atoms with Crippen LogP contribution in [0.15, 0.2) is 30.3 Å². The molecule has 0 saturated heterocycles. The van der Waals surface area contributed by atoms with E-state index >= 15 is 0 Å². The first kappa shape index (κ1) is 13.0. The molecule has 1 aromatic rings. The molecule has 1 fully saturated rings. The molecule has 1 aliphatic rings. The second-order valence-corrected chi connectivity index (χ2v) is 5.07. The van der Waals surface area contributed by atoms with Gasteiger partial charge in [-0.05, 0) is 24.8 Å². The van der Waals surface area contributed by atoms with Crippen LogP contribution in [-0.2, 0) is 16.0 Å². The molecule has 2 heteroatoms. The number of hydrogen-bond acceptors (Lipinski definition) is 2. The highest BCUT2D eigenvalue weighted by atomic mass is 16.1. The Labute approximate surface area is 108 Å². The van der Waals surface area contributed by atoms with Crippen molar-refractivity contribution in [3.8, 4) is 0 Å². The van der Waals surface area contributed by atoms with Gasteiger partial charge < -0.3 is 0 Å². The van der Waals surface area contributed by atoms with E-state index in [1.165, 1.54) is 5.56 Å². The lowest BCUT2D eigenvalue weighted by Crippen LogP contribution is -2.28. The number of benzene rings is 1. The molecule has 0 amide bonds. The maximum Gasteiger partial charge on any atom is 0.202 e. The second-order valence-electron chi connectivity index (χ2n) is 5.07. The molecule has 0 aliphatic heterocycles. The average Bonchev–Trinajstić information content (AvgIpc) is 2.45. The molecule has 1 aromatic carbocycles. The van der Waals surface area contributed by atoms with Crippen molar-refractivity contribution in [1.82, 2.24) is 0 Å². The van der Waals surface area contributed by atoms with Crippen molar-refractivity contribution in [2.75, 3.05) is 0 Å². The van der Waals surface area contributed by atoms with Crippen LogP contribution in [-0.4, -0.2) is 12.1 Å². The van der Waals surface area contributed by atoms with Gasteiger partial charge in [0.05, 0.1) is 0 Å². The second kappa shape index (κ2) is 6.48. The summed E-state index contributed by atoms with van der Waals surface area (Å²) in [5, 5.41) is 0. The third-order valence-corrected chi connectivity index (χ3v) is 3.83. The van der Waals surface area contributed by atoms with Gasteiger partial charge in [0.15, 0.2) is 0 Å². The lowest BCUT2D eigenvalue weighted by molar-refractivity contribution is -0.124. The van der Waals surface area contributed by atoms with Crippen LogP contribution in [0.25, 0.3) is 0 Å². The molecule has 1 radical (unpaired) electrons. The highest BCUT2D eigenvalue weighted by Gasteiger charge is 2.30. The zero-order valence-corrected chi connectivity index (χ0v) is 10.6. The molecule has 0 aromatic heterocycles. The van der Waals surface area contributed by atoms with Gasteiger partial charge >= 0.3 is 0 Å². The maximum atomic E-state index is 12.2. The summed E-state index contributed by atoms with van der Waals surface area (Å²) in [6.45, 7) is 0. The van der Waals surface area contributed by atoms with Crippen LogP contribution in [0.3, 0.4) is 0 Å². The number of carbonyl (C=O) groups is 1. The number of Topliss-reactive ketones (excluding diaryl/α,β-unsaturated/α-hetero) is 1. The van der Waals surface area contributed by atoms with E-state index in [0.717, 1.165) is 32.1 Å². The van der Waals surface area contributed by atoms with Gasteiger partial charge in [0.2, 0.25) is 6.29 Å². The molecule has 18 heavy (non-hydrogen) atoms. The fourth-order valence-corrected chi connectivity index (χ4v) is 2.75. The third-order valence-electron chi connectivity index (χ3n) is 3.83. The Kier molecular flexibility index (Phi) is 4.68. The minimum Gasteiger partial charge on any atom is -0.299 e. The predicted octanol–water partition coefficient (Wildman–Crippen LogP) is 3.10. The largest absolute Gasteiger partial charge is 0.299 e. The Hall–Kier alpha value is -1.44. The molecule has 1 saturated carbocycles. The van der Waals surface area contributed by atoms with E-state index in [4.69, 9.17) is 0 Å². The predicted molar refractivity (Wildman–Crippen MR) is 70.9 cm³/mol. The van der Waals surface area contributed by atoms with Gasteiger partial charge in [-0.2, -0.15) is 0 Å². The molecule has 0 N–H and O–H groups in total. The number of rotatable bonds is 5. The first-order valence-corrected chi connectivity index (χ1v) is 6.75. The number of hydrogen-bond donors (Lipinski definition) is 0. The third kappa shape index (κ3) is 3.28. The minimum atomic E-state index is -0.151. The first-order chi connectivity index (χ1) is 8.81. The fraction of sp³-hybridized carbons (Fsp3) is 0.500. The van der Waals surface area contributed by atoms with E-state index in [0.29, 0.717) is 6.42 Å². The summed E-state index contributed by atoms with van der Waals surface area (Å²) in [4.78, 5) is 23.0. The standard InChI is InChI=1S/C16H19O2/c17-12-14-8-4-5-9-15(14)16(18)11-10-13-6-2-1-3-7-13/h1-3,6-7,14-15H,4-5,8-11H2. The zero-order chi connectivity index (χ0) is 12.8. The van der Waals surface area contributed by atoms with Crippen molar-refractivity contribution < 1.29 is 9.59 Å². The quantitative estimate of drug-likeness (QED) is 0.796. The molecule has 0 spiro atoms. The normalized spacial score (nSPS) is 23.6. The summed E-state index contributed by atoms with van der Waals surface area (Å²) < 4.78 is 0. The molecule has 2 atom stereocenters. The van der Waals surface area contributed by atoms with Gasteiger partial charge in [-0.25, -0.2) is 0 Å². The zero-order valence-electron chi connectivity index (χ0n) is 10.6. The Bertz CT molecular complexity index is 397. The van der Waals surface area contributed by atoms with Gasteiger partial charge in [-0.1, -0.05) is 43.2 Å².